The van der Waals surface area contributed by atoms with Gasteiger partial charge in [0.05, 0.1) is 0 Å². The van der Waals surface area contributed by atoms with Gasteiger partial charge in [0, 0.05) is 18.7 Å². The molecule has 0 spiro atoms. The molecule has 0 saturated heterocycles. The van der Waals surface area contributed by atoms with E-state index in [2.05, 4.69) is 24.1 Å². The first-order chi connectivity index (χ1) is 9.58. The summed E-state index contributed by atoms with van der Waals surface area (Å²) in [6, 6.07) is 3.12. The van der Waals surface area contributed by atoms with Gasteiger partial charge in [-0.3, -0.25) is 4.79 Å². The maximum absolute atomic E-state index is 12.0. The summed E-state index contributed by atoms with van der Waals surface area (Å²) in [5.74, 6) is -0.918. The molecule has 1 heterocycles. The van der Waals surface area contributed by atoms with E-state index in [1.807, 2.05) is 0 Å². The van der Waals surface area contributed by atoms with Gasteiger partial charge in [0.1, 0.15) is 5.69 Å². The predicted molar refractivity (Wildman–Crippen MR) is 76.3 cm³/mol. The van der Waals surface area contributed by atoms with Gasteiger partial charge in [-0.2, -0.15) is 0 Å². The Morgan fingerprint density at radius 3 is 2.35 bits per heavy atom. The molecule has 0 aromatic carbocycles. The molecule has 1 aromatic heterocycles. The maximum atomic E-state index is 12.0. The van der Waals surface area contributed by atoms with E-state index in [9.17, 15) is 9.59 Å². The Kier molecular flexibility index (Phi) is 6.70. The van der Waals surface area contributed by atoms with Gasteiger partial charge in [0.25, 0.3) is 0 Å². The topological polar surface area (TPSA) is 79.3 Å². The van der Waals surface area contributed by atoms with Crippen molar-refractivity contribution in [3.8, 4) is 0 Å². The highest BCUT2D eigenvalue weighted by molar-refractivity contribution is 5.85. The second kappa shape index (κ2) is 8.30. The molecule has 5 nitrogen and oxygen atoms in total. The van der Waals surface area contributed by atoms with Crippen LogP contribution in [0.4, 0.5) is 0 Å². The number of hydrogen-bond acceptors (Lipinski definition) is 3. The van der Waals surface area contributed by atoms with Crippen LogP contribution in [0.3, 0.4) is 0 Å². The molecule has 2 N–H and O–H groups in total. The molecule has 1 aromatic rings. The standard InChI is InChI=1S/C15H22N2O3/c1-3-5-12(6-4-2)14(18)17-10-11-7-8-13(15(19)20)16-9-11/h7-9,12H,3-6,10H2,1-2H3,(H,17,18)(H,19,20). The van der Waals surface area contributed by atoms with E-state index in [1.54, 1.807) is 6.07 Å². The molecule has 0 unspecified atom stereocenters. The fourth-order valence-electron chi connectivity index (χ4n) is 2.09. The second-order valence-corrected chi connectivity index (χ2v) is 4.85. The number of carbonyl (C=O) groups excluding carboxylic acids is 1. The zero-order valence-corrected chi connectivity index (χ0v) is 12.1. The second-order valence-electron chi connectivity index (χ2n) is 4.85. The van der Waals surface area contributed by atoms with E-state index >= 15 is 0 Å². The van der Waals surface area contributed by atoms with Gasteiger partial charge in [-0.15, -0.1) is 0 Å². The minimum Gasteiger partial charge on any atom is -0.477 e. The quantitative estimate of drug-likeness (QED) is 0.766. The first-order valence-corrected chi connectivity index (χ1v) is 7.04. The van der Waals surface area contributed by atoms with Crippen LogP contribution in [0.5, 0.6) is 0 Å². The van der Waals surface area contributed by atoms with Crippen molar-refractivity contribution in [3.05, 3.63) is 29.6 Å². The van der Waals surface area contributed by atoms with Crippen LogP contribution < -0.4 is 5.32 Å². The highest BCUT2D eigenvalue weighted by Gasteiger charge is 2.16. The minimum atomic E-state index is -1.05. The number of aromatic carboxylic acids is 1. The number of aromatic nitrogens is 1. The van der Waals surface area contributed by atoms with E-state index < -0.39 is 5.97 Å². The molecule has 110 valence electrons. The number of amides is 1. The minimum absolute atomic E-state index is 0.00918. The average Bonchev–Trinajstić information content (AvgIpc) is 2.45. The van der Waals surface area contributed by atoms with Gasteiger partial charge in [0.15, 0.2) is 0 Å². The molecule has 1 rings (SSSR count). The number of carbonyl (C=O) groups is 2. The van der Waals surface area contributed by atoms with Crippen molar-refractivity contribution in [2.45, 2.75) is 46.1 Å². The third-order valence-electron chi connectivity index (χ3n) is 3.16. The van der Waals surface area contributed by atoms with Crippen molar-refractivity contribution in [1.29, 1.82) is 0 Å². The van der Waals surface area contributed by atoms with E-state index in [1.165, 1.54) is 12.3 Å². The Morgan fingerprint density at radius 1 is 1.25 bits per heavy atom. The van der Waals surface area contributed by atoms with E-state index in [0.717, 1.165) is 31.2 Å². The summed E-state index contributed by atoms with van der Waals surface area (Å²) in [5, 5.41) is 11.6. The molecular weight excluding hydrogens is 256 g/mol. The van der Waals surface area contributed by atoms with Crippen molar-refractivity contribution < 1.29 is 14.7 Å². The first kappa shape index (κ1) is 16.1. The smallest absolute Gasteiger partial charge is 0.354 e. The van der Waals surface area contributed by atoms with Gasteiger partial charge in [-0.05, 0) is 24.5 Å². The average molecular weight is 278 g/mol. The summed E-state index contributed by atoms with van der Waals surface area (Å²) < 4.78 is 0. The van der Waals surface area contributed by atoms with E-state index in [0.29, 0.717) is 6.54 Å². The van der Waals surface area contributed by atoms with Gasteiger partial charge >= 0.3 is 5.97 Å². The van der Waals surface area contributed by atoms with Crippen LogP contribution in [-0.4, -0.2) is 22.0 Å². The number of rotatable bonds is 8. The number of hydrogen-bond donors (Lipinski definition) is 2. The van der Waals surface area contributed by atoms with Crippen LogP contribution in [0.1, 0.15) is 55.6 Å². The highest BCUT2D eigenvalue weighted by atomic mass is 16.4. The Morgan fingerprint density at radius 2 is 1.90 bits per heavy atom. The molecule has 20 heavy (non-hydrogen) atoms. The van der Waals surface area contributed by atoms with Gasteiger partial charge in [0.2, 0.25) is 5.91 Å². The van der Waals surface area contributed by atoms with Gasteiger partial charge in [-0.25, -0.2) is 9.78 Å². The summed E-state index contributed by atoms with van der Waals surface area (Å²) in [7, 11) is 0. The lowest BCUT2D eigenvalue weighted by atomic mass is 9.97. The summed E-state index contributed by atoms with van der Waals surface area (Å²) >= 11 is 0. The first-order valence-electron chi connectivity index (χ1n) is 7.04. The van der Waals surface area contributed by atoms with Crippen molar-refractivity contribution >= 4 is 11.9 Å². The van der Waals surface area contributed by atoms with Crippen molar-refractivity contribution in [3.63, 3.8) is 0 Å². The third-order valence-corrected chi connectivity index (χ3v) is 3.16. The molecule has 0 aliphatic carbocycles. The lowest BCUT2D eigenvalue weighted by molar-refractivity contribution is -0.125. The predicted octanol–water partition coefficient (Wildman–Crippen LogP) is 2.61. The molecule has 0 aliphatic rings. The van der Waals surface area contributed by atoms with E-state index in [-0.39, 0.29) is 17.5 Å². The maximum Gasteiger partial charge on any atom is 0.354 e. The van der Waals surface area contributed by atoms with Crippen LogP contribution >= 0.6 is 0 Å². The summed E-state index contributed by atoms with van der Waals surface area (Å²) in [6.07, 6.45) is 5.27. The summed E-state index contributed by atoms with van der Waals surface area (Å²) in [5.41, 5.74) is 0.810. The van der Waals surface area contributed by atoms with E-state index in [4.69, 9.17) is 5.11 Å². The number of carboxylic acids is 1. The van der Waals surface area contributed by atoms with Crippen LogP contribution in [-0.2, 0) is 11.3 Å². The summed E-state index contributed by atoms with van der Waals surface area (Å²) in [4.78, 5) is 26.5. The van der Waals surface area contributed by atoms with Crippen LogP contribution in [0.25, 0.3) is 0 Å². The van der Waals surface area contributed by atoms with Crippen molar-refractivity contribution in [2.24, 2.45) is 5.92 Å². The molecular formula is C15H22N2O3. The Labute approximate surface area is 119 Å². The number of nitrogens with one attached hydrogen (secondary N) is 1. The Hall–Kier alpha value is -1.91. The Bertz CT molecular complexity index is 437. The highest BCUT2D eigenvalue weighted by Crippen LogP contribution is 2.13. The van der Waals surface area contributed by atoms with Gasteiger partial charge < -0.3 is 10.4 Å². The molecule has 5 heteroatoms. The summed E-state index contributed by atoms with van der Waals surface area (Å²) in [6.45, 7) is 4.53. The third kappa shape index (κ3) is 4.99. The normalized spacial score (nSPS) is 10.6. The molecule has 0 fully saturated rings. The number of carboxylic acid groups (broad SMARTS) is 1. The zero-order valence-electron chi connectivity index (χ0n) is 12.1. The van der Waals surface area contributed by atoms with Crippen molar-refractivity contribution in [1.82, 2.24) is 10.3 Å². The molecule has 0 radical (unpaired) electrons. The van der Waals surface area contributed by atoms with Crippen molar-refractivity contribution in [2.75, 3.05) is 0 Å². The molecule has 0 atom stereocenters. The Balaban J connectivity index is 2.52. The van der Waals surface area contributed by atoms with Crippen LogP contribution in [0.2, 0.25) is 0 Å². The molecule has 0 aliphatic heterocycles. The number of nitrogens with zero attached hydrogens (tertiary/aromatic N) is 1. The SMILES string of the molecule is CCCC(CCC)C(=O)NCc1ccc(C(=O)O)nc1. The monoisotopic (exact) mass is 278 g/mol. The van der Waals surface area contributed by atoms with Gasteiger partial charge in [-0.1, -0.05) is 32.8 Å². The van der Waals surface area contributed by atoms with Crippen LogP contribution in [0.15, 0.2) is 18.3 Å². The molecule has 0 bridgehead atoms. The molecule has 1 amide bonds. The fraction of sp³-hybridized carbons (Fsp3) is 0.533. The number of pyridine rings is 1. The molecule has 0 saturated carbocycles. The lowest BCUT2D eigenvalue weighted by Gasteiger charge is -2.15. The zero-order chi connectivity index (χ0) is 15.0. The largest absolute Gasteiger partial charge is 0.477 e. The fourth-order valence-corrected chi connectivity index (χ4v) is 2.09. The van der Waals surface area contributed by atoms with Crippen LogP contribution in [0, 0.1) is 5.92 Å². The lowest BCUT2D eigenvalue weighted by Crippen LogP contribution is -2.30.